The lowest BCUT2D eigenvalue weighted by atomic mass is 9.90. The van der Waals surface area contributed by atoms with E-state index in [-0.39, 0.29) is 0 Å². The second kappa shape index (κ2) is 16.4. The SMILES string of the molecule is CN(CCCCC(C)(C)C)CCOCCOCCC1CN(CCOCCC(C)(C)C)NN1. The van der Waals surface area contributed by atoms with Gasteiger partial charge in [-0.3, -0.25) is 0 Å². The molecule has 7 heteroatoms. The third kappa shape index (κ3) is 18.2. The fourth-order valence-electron chi connectivity index (χ4n) is 3.42. The molecule has 0 aliphatic carbocycles. The van der Waals surface area contributed by atoms with Crippen LogP contribution >= 0.6 is 0 Å². The van der Waals surface area contributed by atoms with Crippen molar-refractivity contribution < 1.29 is 14.2 Å². The molecule has 1 saturated heterocycles. The summed E-state index contributed by atoms with van der Waals surface area (Å²) in [5.74, 6) is 0. The van der Waals surface area contributed by atoms with Gasteiger partial charge in [0.1, 0.15) is 0 Å². The molecule has 0 radical (unpaired) electrons. The molecule has 1 aliphatic rings. The van der Waals surface area contributed by atoms with Crippen LogP contribution in [0.3, 0.4) is 0 Å². The number of rotatable bonds is 18. The van der Waals surface area contributed by atoms with Gasteiger partial charge in [-0.1, -0.05) is 48.0 Å². The van der Waals surface area contributed by atoms with Crippen molar-refractivity contribution in [3.8, 4) is 0 Å². The van der Waals surface area contributed by atoms with Crippen LogP contribution in [0.1, 0.15) is 73.6 Å². The highest BCUT2D eigenvalue weighted by Crippen LogP contribution is 2.21. The van der Waals surface area contributed by atoms with E-state index >= 15 is 0 Å². The number of unbranched alkanes of at least 4 members (excludes halogenated alkanes) is 1. The van der Waals surface area contributed by atoms with Gasteiger partial charge >= 0.3 is 0 Å². The molecule has 2 N–H and O–H groups in total. The Hall–Kier alpha value is -0.280. The molecule has 1 unspecified atom stereocenters. The number of likely N-dealkylation sites (N-methyl/N-ethyl adjacent to an activating group) is 1. The van der Waals surface area contributed by atoms with Gasteiger partial charge in [0.2, 0.25) is 0 Å². The Morgan fingerprint density at radius 3 is 2.12 bits per heavy atom. The molecule has 7 nitrogen and oxygen atoms in total. The van der Waals surface area contributed by atoms with Crippen LogP contribution in [0, 0.1) is 10.8 Å². The van der Waals surface area contributed by atoms with Crippen LogP contribution in [0.2, 0.25) is 0 Å². The minimum Gasteiger partial charge on any atom is -0.380 e. The molecule has 0 saturated carbocycles. The van der Waals surface area contributed by atoms with Gasteiger partial charge in [-0.2, -0.15) is 5.53 Å². The minimum atomic E-state index is 0.339. The lowest BCUT2D eigenvalue weighted by molar-refractivity contribution is 0.0382. The van der Waals surface area contributed by atoms with E-state index in [4.69, 9.17) is 14.2 Å². The Morgan fingerprint density at radius 1 is 0.781 bits per heavy atom. The lowest BCUT2D eigenvalue weighted by Gasteiger charge is -2.20. The monoisotopic (exact) mass is 458 g/mol. The normalized spacial score (nSPS) is 18.2. The minimum absolute atomic E-state index is 0.339. The summed E-state index contributed by atoms with van der Waals surface area (Å²) in [7, 11) is 2.18. The first-order valence-electron chi connectivity index (χ1n) is 12.7. The zero-order chi connectivity index (χ0) is 23.9. The third-order valence-corrected chi connectivity index (χ3v) is 5.69. The molecule has 1 rings (SSSR count). The molecule has 0 amide bonds. The van der Waals surface area contributed by atoms with Crippen LogP contribution < -0.4 is 11.0 Å². The van der Waals surface area contributed by atoms with Crippen molar-refractivity contribution in [2.24, 2.45) is 10.8 Å². The summed E-state index contributed by atoms with van der Waals surface area (Å²) < 4.78 is 17.2. The van der Waals surface area contributed by atoms with Crippen LogP contribution in [-0.4, -0.2) is 88.8 Å². The summed E-state index contributed by atoms with van der Waals surface area (Å²) in [4.78, 5) is 2.36. The van der Waals surface area contributed by atoms with Crippen LogP contribution in [0.4, 0.5) is 0 Å². The summed E-state index contributed by atoms with van der Waals surface area (Å²) in [6.07, 6.45) is 5.95. The number of hydrazine groups is 2. The van der Waals surface area contributed by atoms with Gasteiger partial charge in [0.25, 0.3) is 0 Å². The van der Waals surface area contributed by atoms with Crippen molar-refractivity contribution in [1.82, 2.24) is 20.9 Å². The lowest BCUT2D eigenvalue weighted by Crippen LogP contribution is -2.38. The molecule has 0 aromatic heterocycles. The number of ether oxygens (including phenoxy) is 3. The van der Waals surface area contributed by atoms with Crippen molar-refractivity contribution in [2.45, 2.75) is 79.7 Å². The molecule has 192 valence electrons. The average Bonchev–Trinajstić information content (AvgIpc) is 3.13. The Kier molecular flexibility index (Phi) is 15.2. The van der Waals surface area contributed by atoms with Crippen molar-refractivity contribution in [2.75, 3.05) is 72.9 Å². The standard InChI is InChI=1S/C25H54N4O3/c1-24(2,3)11-8-9-13-28(7)14-18-32-21-20-30-16-10-23-22-29(27-26-23)15-19-31-17-12-25(4,5)6/h23,26-27H,8-22H2,1-7H3. The molecular weight excluding hydrogens is 404 g/mol. The molecule has 1 atom stereocenters. The Balaban J connectivity index is 1.86. The highest BCUT2D eigenvalue weighted by molar-refractivity contribution is 4.73. The van der Waals surface area contributed by atoms with Crippen LogP contribution in [0.15, 0.2) is 0 Å². The Morgan fingerprint density at radius 2 is 1.44 bits per heavy atom. The van der Waals surface area contributed by atoms with E-state index in [1.807, 2.05) is 0 Å². The summed E-state index contributed by atoms with van der Waals surface area (Å²) in [5, 5.41) is 2.19. The smallest absolute Gasteiger partial charge is 0.0701 e. The van der Waals surface area contributed by atoms with Gasteiger partial charge in [-0.15, -0.1) is 0 Å². The number of hydrogen-bond donors (Lipinski definition) is 2. The first kappa shape index (κ1) is 29.8. The van der Waals surface area contributed by atoms with Crippen LogP contribution in [0.5, 0.6) is 0 Å². The summed E-state index contributed by atoms with van der Waals surface area (Å²) in [6, 6.07) is 0.414. The third-order valence-electron chi connectivity index (χ3n) is 5.69. The van der Waals surface area contributed by atoms with Gasteiger partial charge in [0.05, 0.1) is 26.4 Å². The van der Waals surface area contributed by atoms with Crippen LogP contribution in [-0.2, 0) is 14.2 Å². The maximum atomic E-state index is 5.75. The zero-order valence-electron chi connectivity index (χ0n) is 22.3. The summed E-state index contributed by atoms with van der Waals surface area (Å²) in [6.45, 7) is 22.2. The number of nitrogens with one attached hydrogen (secondary N) is 2. The first-order chi connectivity index (χ1) is 15.1. The number of hydrogen-bond acceptors (Lipinski definition) is 7. The fourth-order valence-corrected chi connectivity index (χ4v) is 3.42. The van der Waals surface area contributed by atoms with Crippen LogP contribution in [0.25, 0.3) is 0 Å². The van der Waals surface area contributed by atoms with E-state index < -0.39 is 0 Å². The van der Waals surface area contributed by atoms with E-state index in [1.165, 1.54) is 19.3 Å². The largest absolute Gasteiger partial charge is 0.380 e. The maximum Gasteiger partial charge on any atom is 0.0701 e. The fraction of sp³-hybridized carbons (Fsp3) is 1.00. The summed E-state index contributed by atoms with van der Waals surface area (Å²) in [5.41, 5.74) is 7.35. The highest BCUT2D eigenvalue weighted by atomic mass is 16.5. The van der Waals surface area contributed by atoms with Gasteiger partial charge in [-0.25, -0.2) is 10.4 Å². The second-order valence-electron chi connectivity index (χ2n) is 11.7. The maximum absolute atomic E-state index is 5.75. The van der Waals surface area contributed by atoms with E-state index in [0.717, 1.165) is 65.4 Å². The van der Waals surface area contributed by atoms with E-state index in [2.05, 4.69) is 69.5 Å². The molecule has 0 spiro atoms. The van der Waals surface area contributed by atoms with Gasteiger partial charge < -0.3 is 19.1 Å². The summed E-state index contributed by atoms with van der Waals surface area (Å²) >= 11 is 0. The van der Waals surface area contributed by atoms with Crippen molar-refractivity contribution in [3.05, 3.63) is 0 Å². The van der Waals surface area contributed by atoms with Crippen molar-refractivity contribution >= 4 is 0 Å². The topological polar surface area (TPSA) is 58.2 Å². The van der Waals surface area contributed by atoms with Crippen molar-refractivity contribution in [1.29, 1.82) is 0 Å². The number of nitrogens with zero attached hydrogens (tertiary/aromatic N) is 2. The zero-order valence-corrected chi connectivity index (χ0v) is 22.3. The molecule has 1 heterocycles. The van der Waals surface area contributed by atoms with Crippen molar-refractivity contribution in [3.63, 3.8) is 0 Å². The molecule has 1 aliphatic heterocycles. The second-order valence-corrected chi connectivity index (χ2v) is 11.7. The van der Waals surface area contributed by atoms with E-state index in [0.29, 0.717) is 30.1 Å². The predicted octanol–water partition coefficient (Wildman–Crippen LogP) is 3.70. The Labute approximate surface area is 198 Å². The molecule has 0 aromatic rings. The molecular formula is C25H54N4O3. The van der Waals surface area contributed by atoms with Gasteiger partial charge in [0, 0.05) is 38.9 Å². The predicted molar refractivity (Wildman–Crippen MR) is 134 cm³/mol. The first-order valence-corrected chi connectivity index (χ1v) is 12.7. The van der Waals surface area contributed by atoms with Gasteiger partial charge in [-0.05, 0) is 50.1 Å². The van der Waals surface area contributed by atoms with E-state index in [1.54, 1.807) is 0 Å². The highest BCUT2D eigenvalue weighted by Gasteiger charge is 2.20. The average molecular weight is 459 g/mol. The van der Waals surface area contributed by atoms with Gasteiger partial charge in [0.15, 0.2) is 0 Å². The molecule has 0 bridgehead atoms. The quantitative estimate of drug-likeness (QED) is 0.304. The molecule has 32 heavy (non-hydrogen) atoms. The molecule has 0 aromatic carbocycles. The Bertz CT molecular complexity index is 451. The van der Waals surface area contributed by atoms with E-state index in [9.17, 15) is 0 Å². The molecule has 1 fully saturated rings.